The molecular formula is C7H18N2O. The highest BCUT2D eigenvalue weighted by Crippen LogP contribution is 1.80. The van der Waals surface area contributed by atoms with Gasteiger partial charge in [-0.25, -0.2) is 0 Å². The maximum atomic E-state index is 8.71. The Hall–Kier alpha value is -0.120. The van der Waals surface area contributed by atoms with Gasteiger partial charge in [-0.05, 0) is 25.9 Å². The van der Waals surface area contributed by atoms with Crippen molar-refractivity contribution in [2.45, 2.75) is 19.8 Å². The summed E-state index contributed by atoms with van der Waals surface area (Å²) in [4.78, 5) is 0. The fraction of sp³-hybridized carbons (Fsp3) is 1.00. The Kier molecular flexibility index (Phi) is 6.91. The molecule has 0 radical (unpaired) electrons. The molecule has 0 spiro atoms. The molecule has 10 heavy (non-hydrogen) atoms. The number of hydrogen-bond donors (Lipinski definition) is 2. The first-order chi connectivity index (χ1) is 4.77. The summed E-state index contributed by atoms with van der Waals surface area (Å²) < 4.78 is 0. The van der Waals surface area contributed by atoms with Gasteiger partial charge in [-0.3, -0.25) is 0 Å². The topological polar surface area (TPSA) is 35.5 Å². The van der Waals surface area contributed by atoms with Gasteiger partial charge in [0.05, 0.1) is 0 Å². The van der Waals surface area contributed by atoms with Crippen LogP contribution >= 0.6 is 0 Å². The van der Waals surface area contributed by atoms with Gasteiger partial charge in [0.15, 0.2) is 0 Å². The molecule has 0 fully saturated rings. The van der Waals surface area contributed by atoms with Crippen LogP contribution in [0.3, 0.4) is 0 Å². The van der Waals surface area contributed by atoms with Gasteiger partial charge in [0.25, 0.3) is 0 Å². The minimum atomic E-state index is 0.747. The van der Waals surface area contributed by atoms with Gasteiger partial charge in [0.1, 0.15) is 0 Å². The summed E-state index contributed by atoms with van der Waals surface area (Å²) in [5, 5.41) is 13.2. The predicted molar refractivity (Wildman–Crippen MR) is 42.2 cm³/mol. The van der Waals surface area contributed by atoms with E-state index >= 15 is 0 Å². The summed E-state index contributed by atoms with van der Waals surface area (Å²) >= 11 is 0. The molecule has 0 aliphatic rings. The summed E-state index contributed by atoms with van der Waals surface area (Å²) in [5.41, 5.74) is 0. The van der Waals surface area contributed by atoms with E-state index in [0.717, 1.165) is 26.1 Å². The van der Waals surface area contributed by atoms with Crippen LogP contribution in [0.4, 0.5) is 0 Å². The van der Waals surface area contributed by atoms with Crippen molar-refractivity contribution < 1.29 is 5.21 Å². The Morgan fingerprint density at radius 2 is 2.10 bits per heavy atom. The molecule has 0 heterocycles. The van der Waals surface area contributed by atoms with E-state index in [-0.39, 0.29) is 0 Å². The van der Waals surface area contributed by atoms with E-state index < -0.39 is 0 Å². The fourth-order valence-electron chi connectivity index (χ4n) is 0.735. The first-order valence-electron chi connectivity index (χ1n) is 3.88. The average molecular weight is 146 g/mol. The summed E-state index contributed by atoms with van der Waals surface area (Å²) in [7, 11) is 1.67. The van der Waals surface area contributed by atoms with E-state index in [1.165, 1.54) is 11.5 Å². The van der Waals surface area contributed by atoms with Crippen LogP contribution in [0.15, 0.2) is 0 Å². The maximum absolute atomic E-state index is 8.71. The lowest BCUT2D eigenvalue weighted by molar-refractivity contribution is -0.0650. The Morgan fingerprint density at radius 3 is 2.60 bits per heavy atom. The molecule has 3 heteroatoms. The first kappa shape index (κ1) is 9.88. The van der Waals surface area contributed by atoms with Crippen LogP contribution in [-0.2, 0) is 0 Å². The van der Waals surface area contributed by atoms with Crippen molar-refractivity contribution in [2.75, 3.05) is 26.7 Å². The van der Waals surface area contributed by atoms with Gasteiger partial charge in [0, 0.05) is 13.6 Å². The summed E-state index contributed by atoms with van der Waals surface area (Å²) in [5.74, 6) is 0. The van der Waals surface area contributed by atoms with Gasteiger partial charge in [-0.15, -0.1) is 0 Å². The monoisotopic (exact) mass is 146 g/mol. The zero-order valence-corrected chi connectivity index (χ0v) is 6.93. The molecule has 0 aromatic carbocycles. The van der Waals surface area contributed by atoms with Gasteiger partial charge >= 0.3 is 0 Å². The van der Waals surface area contributed by atoms with Crippen LogP contribution in [-0.4, -0.2) is 37.0 Å². The van der Waals surface area contributed by atoms with E-state index in [1.54, 1.807) is 7.05 Å². The summed E-state index contributed by atoms with van der Waals surface area (Å²) in [6.07, 6.45) is 2.18. The molecule has 0 aliphatic heterocycles. The SMILES string of the molecule is CCCNCCCN(C)O. The molecular weight excluding hydrogens is 128 g/mol. The maximum Gasteiger partial charge on any atom is 0.0247 e. The smallest absolute Gasteiger partial charge is 0.0247 e. The lowest BCUT2D eigenvalue weighted by atomic mass is 10.4. The van der Waals surface area contributed by atoms with Crippen LogP contribution in [0.25, 0.3) is 0 Å². The summed E-state index contributed by atoms with van der Waals surface area (Å²) in [6.45, 7) is 4.97. The Labute approximate surface area is 63.0 Å². The zero-order chi connectivity index (χ0) is 7.82. The highest BCUT2D eigenvalue weighted by Gasteiger charge is 1.89. The molecule has 0 atom stereocenters. The van der Waals surface area contributed by atoms with E-state index in [4.69, 9.17) is 5.21 Å². The third kappa shape index (κ3) is 7.88. The van der Waals surface area contributed by atoms with Crippen molar-refractivity contribution in [2.24, 2.45) is 0 Å². The molecule has 0 rings (SSSR count). The second-order valence-electron chi connectivity index (χ2n) is 2.48. The van der Waals surface area contributed by atoms with Crippen molar-refractivity contribution >= 4 is 0 Å². The number of hydroxylamine groups is 2. The van der Waals surface area contributed by atoms with Gasteiger partial charge in [-0.1, -0.05) is 6.92 Å². The second kappa shape index (κ2) is 6.99. The van der Waals surface area contributed by atoms with E-state index in [0.29, 0.717) is 0 Å². The van der Waals surface area contributed by atoms with E-state index in [2.05, 4.69) is 12.2 Å². The predicted octanol–water partition coefficient (Wildman–Crippen LogP) is 0.697. The van der Waals surface area contributed by atoms with Crippen LogP contribution < -0.4 is 5.32 Å². The van der Waals surface area contributed by atoms with Crippen LogP contribution in [0.1, 0.15) is 19.8 Å². The molecule has 0 aliphatic carbocycles. The lowest BCUT2D eigenvalue weighted by Crippen LogP contribution is -2.22. The van der Waals surface area contributed by atoms with Crippen molar-refractivity contribution in [1.82, 2.24) is 10.4 Å². The molecule has 0 bridgehead atoms. The number of rotatable bonds is 6. The third-order valence-electron chi connectivity index (χ3n) is 1.26. The molecule has 0 amide bonds. The first-order valence-corrected chi connectivity index (χ1v) is 3.88. The van der Waals surface area contributed by atoms with Gasteiger partial charge < -0.3 is 10.5 Å². The largest absolute Gasteiger partial charge is 0.317 e. The van der Waals surface area contributed by atoms with Gasteiger partial charge in [0.2, 0.25) is 0 Å². The molecule has 0 aromatic heterocycles. The normalized spacial score (nSPS) is 10.8. The van der Waals surface area contributed by atoms with Crippen molar-refractivity contribution in [1.29, 1.82) is 0 Å². The molecule has 62 valence electrons. The third-order valence-corrected chi connectivity index (χ3v) is 1.26. The number of hydrogen-bond acceptors (Lipinski definition) is 3. The molecule has 3 nitrogen and oxygen atoms in total. The van der Waals surface area contributed by atoms with E-state index in [9.17, 15) is 0 Å². The van der Waals surface area contributed by atoms with Crippen molar-refractivity contribution in [3.05, 3.63) is 0 Å². The van der Waals surface area contributed by atoms with Gasteiger partial charge in [-0.2, -0.15) is 5.06 Å². The quantitative estimate of drug-likeness (QED) is 0.427. The second-order valence-corrected chi connectivity index (χ2v) is 2.48. The highest BCUT2D eigenvalue weighted by atomic mass is 16.5. The Bertz CT molecular complexity index is 66.6. The minimum absolute atomic E-state index is 0.747. The van der Waals surface area contributed by atoms with Crippen LogP contribution in [0.2, 0.25) is 0 Å². The average Bonchev–Trinajstić information content (AvgIpc) is 1.87. The fourth-order valence-corrected chi connectivity index (χ4v) is 0.735. The highest BCUT2D eigenvalue weighted by molar-refractivity contribution is 4.46. The number of nitrogens with zero attached hydrogens (tertiary/aromatic N) is 1. The Morgan fingerprint density at radius 1 is 1.40 bits per heavy atom. The molecule has 0 aromatic rings. The summed E-state index contributed by atoms with van der Waals surface area (Å²) in [6, 6.07) is 0. The van der Waals surface area contributed by atoms with E-state index in [1.807, 2.05) is 0 Å². The van der Waals surface area contributed by atoms with Crippen LogP contribution in [0.5, 0.6) is 0 Å². The molecule has 0 unspecified atom stereocenters. The Balaban J connectivity index is 2.77. The lowest BCUT2D eigenvalue weighted by Gasteiger charge is -2.07. The molecule has 0 saturated heterocycles. The van der Waals surface area contributed by atoms with Crippen molar-refractivity contribution in [3.8, 4) is 0 Å². The van der Waals surface area contributed by atoms with Crippen molar-refractivity contribution in [3.63, 3.8) is 0 Å². The minimum Gasteiger partial charge on any atom is -0.317 e. The van der Waals surface area contributed by atoms with Crippen LogP contribution in [0, 0.1) is 0 Å². The number of nitrogens with one attached hydrogen (secondary N) is 1. The standard InChI is InChI=1S/C7H18N2O/c1-3-5-8-6-4-7-9(2)10/h8,10H,3-7H2,1-2H3. The zero-order valence-electron chi connectivity index (χ0n) is 6.93. The molecule has 2 N–H and O–H groups in total. The molecule has 0 saturated carbocycles.